The first-order valence-corrected chi connectivity index (χ1v) is 4.26. The molecule has 0 aliphatic rings. The Labute approximate surface area is 81.5 Å². The van der Waals surface area contributed by atoms with Gasteiger partial charge in [0.25, 0.3) is 0 Å². The number of nitrogens with zero attached hydrogens (tertiary/aromatic N) is 3. The van der Waals surface area contributed by atoms with Crippen LogP contribution in [0.15, 0.2) is 36.9 Å². The first-order valence-electron chi connectivity index (χ1n) is 4.26. The quantitative estimate of drug-likeness (QED) is 0.548. The van der Waals surface area contributed by atoms with E-state index < -0.39 is 0 Å². The van der Waals surface area contributed by atoms with Gasteiger partial charge in [-0.3, -0.25) is 5.84 Å². The summed E-state index contributed by atoms with van der Waals surface area (Å²) in [6, 6.07) is 7.84. The summed E-state index contributed by atoms with van der Waals surface area (Å²) < 4.78 is 1.77. The molecule has 1 heterocycles. The summed E-state index contributed by atoms with van der Waals surface area (Å²) >= 11 is 0. The number of nitrogens with one attached hydrogen (secondary N) is 1. The molecule has 0 aliphatic heterocycles. The van der Waals surface area contributed by atoms with Gasteiger partial charge in [0.05, 0.1) is 6.54 Å². The lowest BCUT2D eigenvalue weighted by Crippen LogP contribution is -2.06. The van der Waals surface area contributed by atoms with Crippen molar-refractivity contribution >= 4 is 5.69 Å². The fourth-order valence-corrected chi connectivity index (χ4v) is 1.21. The molecule has 14 heavy (non-hydrogen) atoms. The lowest BCUT2D eigenvalue weighted by atomic mass is 10.2. The molecule has 2 aromatic rings. The predicted molar refractivity (Wildman–Crippen MR) is 53.4 cm³/mol. The van der Waals surface area contributed by atoms with E-state index in [9.17, 15) is 0 Å². The third kappa shape index (κ3) is 1.89. The molecule has 3 N–H and O–H groups in total. The predicted octanol–water partition coefficient (Wildman–Crippen LogP) is 0.612. The van der Waals surface area contributed by atoms with E-state index in [1.165, 1.54) is 6.33 Å². The minimum atomic E-state index is 0.727. The maximum Gasteiger partial charge on any atom is 0.137 e. The molecule has 72 valence electrons. The zero-order valence-electron chi connectivity index (χ0n) is 7.59. The summed E-state index contributed by atoms with van der Waals surface area (Å²) in [6.45, 7) is 0.727. The van der Waals surface area contributed by atoms with Gasteiger partial charge in [0.15, 0.2) is 0 Å². The summed E-state index contributed by atoms with van der Waals surface area (Å²) in [5.41, 5.74) is 4.64. The van der Waals surface area contributed by atoms with Gasteiger partial charge in [-0.2, -0.15) is 5.10 Å². The van der Waals surface area contributed by atoms with Gasteiger partial charge in [-0.1, -0.05) is 12.1 Å². The van der Waals surface area contributed by atoms with Crippen molar-refractivity contribution in [3.8, 4) is 0 Å². The number of aromatic nitrogens is 3. The van der Waals surface area contributed by atoms with Gasteiger partial charge in [-0.25, -0.2) is 9.67 Å². The highest BCUT2D eigenvalue weighted by atomic mass is 15.3. The van der Waals surface area contributed by atoms with Gasteiger partial charge in [-0.05, 0) is 17.7 Å². The molecule has 1 aromatic carbocycles. The van der Waals surface area contributed by atoms with E-state index in [1.54, 1.807) is 11.0 Å². The summed E-state index contributed by atoms with van der Waals surface area (Å²) in [4.78, 5) is 3.87. The molecular weight excluding hydrogens is 178 g/mol. The van der Waals surface area contributed by atoms with Crippen LogP contribution in [-0.4, -0.2) is 14.8 Å². The second kappa shape index (κ2) is 3.89. The largest absolute Gasteiger partial charge is 0.324 e. The Hall–Kier alpha value is -1.88. The number of hydrazine groups is 1. The number of rotatable bonds is 3. The van der Waals surface area contributed by atoms with Crippen molar-refractivity contribution in [2.75, 3.05) is 5.43 Å². The Morgan fingerprint density at radius 1 is 1.29 bits per heavy atom. The smallest absolute Gasteiger partial charge is 0.137 e. The van der Waals surface area contributed by atoms with Crippen molar-refractivity contribution < 1.29 is 0 Å². The molecule has 2 rings (SSSR count). The van der Waals surface area contributed by atoms with Gasteiger partial charge in [0.1, 0.15) is 12.7 Å². The second-order valence-electron chi connectivity index (χ2n) is 2.93. The van der Waals surface area contributed by atoms with Crippen molar-refractivity contribution in [2.45, 2.75) is 6.54 Å². The molecule has 0 bridgehead atoms. The van der Waals surface area contributed by atoms with Crippen LogP contribution in [0.25, 0.3) is 0 Å². The molecule has 0 atom stereocenters. The first-order chi connectivity index (χ1) is 6.88. The highest BCUT2D eigenvalue weighted by Crippen LogP contribution is 2.08. The molecule has 0 aliphatic carbocycles. The van der Waals surface area contributed by atoms with E-state index in [0.717, 1.165) is 17.8 Å². The normalized spacial score (nSPS) is 10.1. The maximum atomic E-state index is 5.26. The summed E-state index contributed by atoms with van der Waals surface area (Å²) in [7, 11) is 0. The van der Waals surface area contributed by atoms with Crippen LogP contribution in [0, 0.1) is 0 Å². The van der Waals surface area contributed by atoms with Crippen molar-refractivity contribution in [1.29, 1.82) is 0 Å². The van der Waals surface area contributed by atoms with Crippen LogP contribution in [0.1, 0.15) is 5.56 Å². The van der Waals surface area contributed by atoms with Crippen molar-refractivity contribution in [3.05, 3.63) is 42.5 Å². The van der Waals surface area contributed by atoms with E-state index in [-0.39, 0.29) is 0 Å². The summed E-state index contributed by atoms with van der Waals surface area (Å²) in [5, 5.41) is 4.02. The molecule has 0 fully saturated rings. The van der Waals surface area contributed by atoms with Crippen LogP contribution in [0.4, 0.5) is 5.69 Å². The minimum Gasteiger partial charge on any atom is -0.324 e. The van der Waals surface area contributed by atoms with Gasteiger partial charge >= 0.3 is 0 Å². The van der Waals surface area contributed by atoms with Crippen LogP contribution in [0.5, 0.6) is 0 Å². The van der Waals surface area contributed by atoms with E-state index in [0.29, 0.717) is 0 Å². The molecule has 0 saturated carbocycles. The lowest BCUT2D eigenvalue weighted by molar-refractivity contribution is 0.685. The van der Waals surface area contributed by atoms with E-state index in [1.807, 2.05) is 24.3 Å². The standard InChI is InChI=1S/C9H11N5/c10-13-9-3-1-8(2-4-9)5-14-7-11-6-12-14/h1-4,6-7,13H,5,10H2. The van der Waals surface area contributed by atoms with Crippen LogP contribution < -0.4 is 11.3 Å². The Balaban J connectivity index is 2.10. The van der Waals surface area contributed by atoms with Crippen LogP contribution in [0.3, 0.4) is 0 Å². The SMILES string of the molecule is NNc1ccc(Cn2cncn2)cc1. The molecule has 0 unspecified atom stereocenters. The Morgan fingerprint density at radius 3 is 2.64 bits per heavy atom. The fraction of sp³-hybridized carbons (Fsp3) is 0.111. The number of anilines is 1. The molecule has 0 amide bonds. The third-order valence-electron chi connectivity index (χ3n) is 1.93. The number of hydrogen-bond donors (Lipinski definition) is 2. The van der Waals surface area contributed by atoms with E-state index in [2.05, 4.69) is 15.5 Å². The minimum absolute atomic E-state index is 0.727. The molecule has 0 saturated heterocycles. The number of hydrogen-bond acceptors (Lipinski definition) is 4. The zero-order chi connectivity index (χ0) is 9.80. The average molecular weight is 189 g/mol. The molecule has 1 aromatic heterocycles. The third-order valence-corrected chi connectivity index (χ3v) is 1.93. The van der Waals surface area contributed by atoms with E-state index in [4.69, 9.17) is 5.84 Å². The molecular formula is C9H11N5. The molecule has 0 radical (unpaired) electrons. The number of nitrogens with two attached hydrogens (primary N) is 1. The van der Waals surface area contributed by atoms with Gasteiger partial charge < -0.3 is 5.43 Å². The van der Waals surface area contributed by atoms with Gasteiger partial charge in [-0.15, -0.1) is 0 Å². The van der Waals surface area contributed by atoms with Crippen LogP contribution >= 0.6 is 0 Å². The highest BCUT2D eigenvalue weighted by molar-refractivity contribution is 5.43. The molecule has 5 heteroatoms. The Kier molecular flexibility index (Phi) is 2.42. The molecule has 5 nitrogen and oxygen atoms in total. The maximum absolute atomic E-state index is 5.26. The average Bonchev–Trinajstić information content (AvgIpc) is 2.72. The second-order valence-corrected chi connectivity index (χ2v) is 2.93. The Bertz CT molecular complexity index is 378. The van der Waals surface area contributed by atoms with E-state index >= 15 is 0 Å². The fourth-order valence-electron chi connectivity index (χ4n) is 1.21. The van der Waals surface area contributed by atoms with Gasteiger partial charge in [0.2, 0.25) is 0 Å². The van der Waals surface area contributed by atoms with Crippen molar-refractivity contribution in [3.63, 3.8) is 0 Å². The van der Waals surface area contributed by atoms with Crippen molar-refractivity contribution in [1.82, 2.24) is 14.8 Å². The monoisotopic (exact) mass is 189 g/mol. The van der Waals surface area contributed by atoms with Crippen LogP contribution in [-0.2, 0) is 6.54 Å². The first kappa shape index (κ1) is 8.71. The molecule has 0 spiro atoms. The highest BCUT2D eigenvalue weighted by Gasteiger charge is 1.95. The van der Waals surface area contributed by atoms with Crippen LogP contribution in [0.2, 0.25) is 0 Å². The summed E-state index contributed by atoms with van der Waals surface area (Å²) in [6.07, 6.45) is 3.21. The topological polar surface area (TPSA) is 68.8 Å². The Morgan fingerprint density at radius 2 is 2.07 bits per heavy atom. The lowest BCUT2D eigenvalue weighted by Gasteiger charge is -2.03. The zero-order valence-corrected chi connectivity index (χ0v) is 7.59. The number of benzene rings is 1. The van der Waals surface area contributed by atoms with Gasteiger partial charge in [0, 0.05) is 5.69 Å². The van der Waals surface area contributed by atoms with Crippen molar-refractivity contribution in [2.24, 2.45) is 5.84 Å². The summed E-state index contributed by atoms with van der Waals surface area (Å²) in [5.74, 6) is 5.26. The number of nitrogen functional groups attached to an aromatic ring is 1.